The van der Waals surface area contributed by atoms with Gasteiger partial charge in [-0.05, 0) is 60.7 Å². The number of nitrogens with one attached hydrogen (secondary N) is 2. The van der Waals surface area contributed by atoms with E-state index in [4.69, 9.17) is 9.47 Å². The van der Waals surface area contributed by atoms with Crippen LogP contribution in [0.15, 0.2) is 54.0 Å². The number of rotatable bonds is 11. The van der Waals surface area contributed by atoms with Crippen molar-refractivity contribution in [1.29, 1.82) is 0 Å². The lowest BCUT2D eigenvalue weighted by Gasteiger charge is -2.32. The number of aryl methyl sites for hydroxylation is 1. The van der Waals surface area contributed by atoms with E-state index in [2.05, 4.69) is 27.5 Å². The van der Waals surface area contributed by atoms with Crippen LogP contribution in [-0.4, -0.2) is 58.8 Å². The Bertz CT molecular complexity index is 1650. The summed E-state index contributed by atoms with van der Waals surface area (Å²) in [6.45, 7) is 9.05. The number of hydrogen-bond acceptors (Lipinski definition) is 8. The zero-order valence-corrected chi connectivity index (χ0v) is 28.0. The zero-order valence-electron chi connectivity index (χ0n) is 27.2. The van der Waals surface area contributed by atoms with Gasteiger partial charge in [0, 0.05) is 42.5 Å². The van der Waals surface area contributed by atoms with E-state index >= 15 is 0 Å². The molecule has 1 aliphatic rings. The van der Waals surface area contributed by atoms with Gasteiger partial charge < -0.3 is 25.0 Å². The summed E-state index contributed by atoms with van der Waals surface area (Å²) in [5.41, 5.74) is 3.01. The zero-order chi connectivity index (χ0) is 33.1. The summed E-state index contributed by atoms with van der Waals surface area (Å²) in [5.74, 6) is 1.66. The number of thiazole rings is 1. The molecule has 5 rings (SSSR count). The van der Waals surface area contributed by atoms with E-state index in [1.807, 2.05) is 63.2 Å². The highest BCUT2D eigenvalue weighted by Gasteiger charge is 2.26. The Morgan fingerprint density at radius 1 is 1.02 bits per heavy atom. The van der Waals surface area contributed by atoms with Crippen LogP contribution >= 0.6 is 11.3 Å². The van der Waals surface area contributed by atoms with Crippen molar-refractivity contribution in [2.45, 2.75) is 72.3 Å². The van der Waals surface area contributed by atoms with Gasteiger partial charge in [0.2, 0.25) is 11.8 Å². The number of likely N-dealkylation sites (tertiary alicyclic amines) is 1. The van der Waals surface area contributed by atoms with Gasteiger partial charge in [-0.1, -0.05) is 46.2 Å². The lowest BCUT2D eigenvalue weighted by Crippen LogP contribution is -2.46. The van der Waals surface area contributed by atoms with Gasteiger partial charge in [-0.15, -0.1) is 11.3 Å². The fraction of sp³-hybridized carbons (Fsp3) is 0.400. The van der Waals surface area contributed by atoms with Crippen molar-refractivity contribution >= 4 is 45.1 Å². The first-order valence-electron chi connectivity index (χ1n) is 15.9. The highest BCUT2D eigenvalue weighted by Crippen LogP contribution is 2.34. The molecule has 0 atom stereocenters. The van der Waals surface area contributed by atoms with Crippen molar-refractivity contribution in [3.05, 3.63) is 70.9 Å². The van der Waals surface area contributed by atoms with Crippen LogP contribution in [0.1, 0.15) is 75.0 Å². The smallest absolute Gasteiger partial charge is 0.273 e. The molecule has 1 fully saturated rings. The first kappa shape index (κ1) is 34.4. The number of anilines is 1. The predicted octanol–water partition coefficient (Wildman–Crippen LogP) is 6.78. The van der Waals surface area contributed by atoms with E-state index in [9.17, 15) is 14.4 Å². The molecule has 1 aliphatic heterocycles. The van der Waals surface area contributed by atoms with Crippen LogP contribution in [0.3, 0.4) is 0 Å². The first-order valence-corrected chi connectivity index (χ1v) is 16.8. The summed E-state index contributed by atoms with van der Waals surface area (Å²) in [5, 5.41) is 8.68. The molecule has 2 N–H and O–H groups in total. The van der Waals surface area contributed by atoms with Crippen molar-refractivity contribution in [2.75, 3.05) is 25.5 Å². The number of methoxy groups -OCH3 is 1. The second kappa shape index (κ2) is 16.7. The highest BCUT2D eigenvalue weighted by atomic mass is 32.1. The summed E-state index contributed by atoms with van der Waals surface area (Å²) < 4.78 is 11.9. The summed E-state index contributed by atoms with van der Waals surface area (Å²) >= 11 is 1.22. The molecule has 3 heterocycles. The Labute approximate surface area is 274 Å². The van der Waals surface area contributed by atoms with E-state index in [0.29, 0.717) is 54.7 Å². The Kier molecular flexibility index (Phi) is 12.5. The number of ether oxygens (including phenoxy) is 2. The average molecular weight is 646 g/mol. The minimum Gasteiger partial charge on any atom is -0.496 e. The number of fused-ring (bicyclic) bond motifs is 1. The summed E-state index contributed by atoms with van der Waals surface area (Å²) in [7, 11) is 1.66. The summed E-state index contributed by atoms with van der Waals surface area (Å²) in [6.07, 6.45) is 5.60. The van der Waals surface area contributed by atoms with E-state index in [1.165, 1.54) is 11.3 Å². The fourth-order valence-corrected chi connectivity index (χ4v) is 5.98. The molecule has 10 nitrogen and oxygen atoms in total. The molecule has 3 amide bonds. The van der Waals surface area contributed by atoms with Crippen LogP contribution in [-0.2, 0) is 22.4 Å². The van der Waals surface area contributed by atoms with Crippen molar-refractivity contribution in [2.24, 2.45) is 0 Å². The number of aromatic nitrogens is 2. The molecule has 1 saturated heterocycles. The van der Waals surface area contributed by atoms with Gasteiger partial charge in [0.15, 0.2) is 5.13 Å². The number of hydrogen-bond donors (Lipinski definition) is 2. The largest absolute Gasteiger partial charge is 0.496 e. The van der Waals surface area contributed by atoms with E-state index in [-0.39, 0.29) is 30.2 Å². The number of nitrogens with zero attached hydrogens (tertiary/aromatic N) is 3. The maximum Gasteiger partial charge on any atom is 0.273 e. The van der Waals surface area contributed by atoms with Gasteiger partial charge in [0.25, 0.3) is 5.91 Å². The monoisotopic (exact) mass is 645 g/mol. The Morgan fingerprint density at radius 2 is 1.80 bits per heavy atom. The molecule has 2 aromatic carbocycles. The number of pyridine rings is 1. The van der Waals surface area contributed by atoms with E-state index in [0.717, 1.165) is 40.6 Å². The summed E-state index contributed by atoms with van der Waals surface area (Å²) in [6, 6.07) is 13.3. The Hall–Kier alpha value is -4.51. The predicted molar refractivity (Wildman–Crippen MR) is 182 cm³/mol. The Morgan fingerprint density at radius 3 is 2.52 bits per heavy atom. The van der Waals surface area contributed by atoms with Gasteiger partial charge in [-0.25, -0.2) is 4.98 Å². The molecule has 46 heavy (non-hydrogen) atoms. The van der Waals surface area contributed by atoms with Crippen molar-refractivity contribution in [1.82, 2.24) is 20.2 Å². The molecule has 0 radical (unpaired) electrons. The molecular formula is C35H43N5O5S. The minimum absolute atomic E-state index is 0.0261. The Balaban J connectivity index is 0.00000235. The molecule has 0 bridgehead atoms. The van der Waals surface area contributed by atoms with Crippen LogP contribution in [0, 0.1) is 0 Å². The third-order valence-corrected chi connectivity index (χ3v) is 8.31. The lowest BCUT2D eigenvalue weighted by molar-refractivity contribution is -0.121. The molecular weight excluding hydrogens is 602 g/mol. The molecule has 0 unspecified atom stereocenters. The fourth-order valence-electron chi connectivity index (χ4n) is 5.28. The molecule has 11 heteroatoms. The minimum atomic E-state index is -0.245. The molecule has 4 aromatic rings. The topological polar surface area (TPSA) is 123 Å². The standard InChI is InChI=1S/C33H37N5O5S.C2H6/c1-4-7-22-18-26-25(19-29(22)42-3)28(10-13-34-26)43-24-9-6-8-21(16-24)17-31(40)37-33-36-27(20-44-33)32(41)38-14-11-23(12-15-38)35-30(39)5-2;1-2/h6,8-10,13,16,18-20,23H,4-5,7,11-12,14-15,17H2,1-3H3,(H,35,39)(H,36,37,40);1-2H3. The number of carbonyl (C=O) groups excluding carboxylic acids is 3. The number of amides is 3. The average Bonchev–Trinajstić information content (AvgIpc) is 3.54. The lowest BCUT2D eigenvalue weighted by atomic mass is 10.0. The van der Waals surface area contributed by atoms with E-state index < -0.39 is 0 Å². The third-order valence-electron chi connectivity index (χ3n) is 7.55. The van der Waals surface area contributed by atoms with Crippen molar-refractivity contribution in [3.63, 3.8) is 0 Å². The molecule has 0 spiro atoms. The third kappa shape index (κ3) is 8.81. The first-order chi connectivity index (χ1) is 22.4. The second-order valence-electron chi connectivity index (χ2n) is 10.7. The molecule has 2 aromatic heterocycles. The van der Waals surface area contributed by atoms with Crippen molar-refractivity contribution in [3.8, 4) is 17.2 Å². The maximum absolute atomic E-state index is 13.0. The van der Waals surface area contributed by atoms with Crippen LogP contribution in [0.4, 0.5) is 5.13 Å². The van der Waals surface area contributed by atoms with Crippen LogP contribution in [0.2, 0.25) is 0 Å². The van der Waals surface area contributed by atoms with Gasteiger partial charge in [0.1, 0.15) is 22.9 Å². The molecule has 0 aliphatic carbocycles. The van der Waals surface area contributed by atoms with Crippen molar-refractivity contribution < 1.29 is 23.9 Å². The number of carbonyl (C=O) groups is 3. The van der Waals surface area contributed by atoms with Crippen LogP contribution < -0.4 is 20.1 Å². The van der Waals surface area contributed by atoms with Gasteiger partial charge in [-0.2, -0.15) is 0 Å². The molecule has 0 saturated carbocycles. The SMILES string of the molecule is CC.CCCc1cc2nccc(Oc3cccc(CC(=O)Nc4nc(C(=O)N5CCC(NC(=O)CC)CC5)cs4)c3)c2cc1OC. The molecule has 244 valence electrons. The number of piperidine rings is 1. The van der Waals surface area contributed by atoms with Crippen LogP contribution in [0.25, 0.3) is 10.9 Å². The normalized spacial score (nSPS) is 13.0. The van der Waals surface area contributed by atoms with Crippen LogP contribution in [0.5, 0.6) is 17.2 Å². The second-order valence-corrected chi connectivity index (χ2v) is 11.6. The number of benzene rings is 2. The maximum atomic E-state index is 13.0. The highest BCUT2D eigenvalue weighted by molar-refractivity contribution is 7.14. The summed E-state index contributed by atoms with van der Waals surface area (Å²) in [4.78, 5) is 48.1. The van der Waals surface area contributed by atoms with E-state index in [1.54, 1.807) is 23.6 Å². The van der Waals surface area contributed by atoms with Gasteiger partial charge >= 0.3 is 0 Å². The van der Waals surface area contributed by atoms with Gasteiger partial charge in [0.05, 0.1) is 19.0 Å². The quantitative estimate of drug-likeness (QED) is 0.184. The van der Waals surface area contributed by atoms with Gasteiger partial charge in [-0.3, -0.25) is 19.4 Å².